The van der Waals surface area contributed by atoms with Crippen molar-refractivity contribution in [3.05, 3.63) is 20.8 Å². The summed E-state index contributed by atoms with van der Waals surface area (Å²) in [6.07, 6.45) is 3.62. The van der Waals surface area contributed by atoms with Crippen LogP contribution in [0.1, 0.15) is 38.7 Å². The monoisotopic (exact) mass is 287 g/mol. The van der Waals surface area contributed by atoms with E-state index in [0.29, 0.717) is 5.92 Å². The third-order valence-electron chi connectivity index (χ3n) is 3.80. The number of nitrogens with two attached hydrogens (primary N) is 1. The van der Waals surface area contributed by atoms with E-state index in [1.807, 2.05) is 0 Å². The minimum Gasteiger partial charge on any atom is -0.321 e. The van der Waals surface area contributed by atoms with E-state index in [4.69, 9.17) is 5.73 Å². The van der Waals surface area contributed by atoms with Crippen molar-refractivity contribution >= 4 is 27.3 Å². The van der Waals surface area contributed by atoms with Gasteiger partial charge in [-0.15, -0.1) is 0 Å². The van der Waals surface area contributed by atoms with Crippen LogP contribution in [0, 0.1) is 11.8 Å². The second-order valence-corrected chi connectivity index (χ2v) is 6.55. The number of halogens is 1. The topological polar surface area (TPSA) is 26.0 Å². The molecule has 0 aliphatic heterocycles. The van der Waals surface area contributed by atoms with Crippen molar-refractivity contribution in [3.8, 4) is 0 Å². The SMILES string of the molecule is CC1CCC(N)(c2cscc2Br)C(C)C1. The highest BCUT2D eigenvalue weighted by Gasteiger charge is 2.39. The van der Waals surface area contributed by atoms with Gasteiger partial charge in [-0.2, -0.15) is 11.3 Å². The summed E-state index contributed by atoms with van der Waals surface area (Å²) < 4.78 is 1.19. The molecular weight excluding hydrogens is 270 g/mol. The molecule has 1 aromatic heterocycles. The van der Waals surface area contributed by atoms with Gasteiger partial charge < -0.3 is 5.73 Å². The molecule has 2 rings (SSSR count). The van der Waals surface area contributed by atoms with Gasteiger partial charge in [0.1, 0.15) is 0 Å². The summed E-state index contributed by atoms with van der Waals surface area (Å²) in [5.41, 5.74) is 7.81. The second-order valence-electron chi connectivity index (χ2n) is 4.95. The molecule has 0 aromatic carbocycles. The van der Waals surface area contributed by atoms with Gasteiger partial charge in [0, 0.05) is 15.4 Å². The molecule has 0 saturated heterocycles. The zero-order valence-corrected chi connectivity index (χ0v) is 11.7. The molecule has 3 atom stereocenters. The van der Waals surface area contributed by atoms with Gasteiger partial charge in [0.25, 0.3) is 0 Å². The lowest BCUT2D eigenvalue weighted by atomic mass is 9.68. The van der Waals surface area contributed by atoms with Crippen molar-refractivity contribution in [1.29, 1.82) is 0 Å². The molecule has 1 aromatic rings. The van der Waals surface area contributed by atoms with Gasteiger partial charge in [-0.05, 0) is 58.0 Å². The van der Waals surface area contributed by atoms with Crippen molar-refractivity contribution in [3.63, 3.8) is 0 Å². The van der Waals surface area contributed by atoms with Gasteiger partial charge in [0.05, 0.1) is 0 Å². The molecular formula is C12H18BrNS. The lowest BCUT2D eigenvalue weighted by Crippen LogP contribution is -2.46. The fourth-order valence-corrected chi connectivity index (χ4v) is 4.43. The molecule has 1 heterocycles. The van der Waals surface area contributed by atoms with Crippen molar-refractivity contribution in [2.24, 2.45) is 17.6 Å². The molecule has 1 aliphatic carbocycles. The van der Waals surface area contributed by atoms with E-state index < -0.39 is 0 Å². The van der Waals surface area contributed by atoms with E-state index in [-0.39, 0.29) is 5.54 Å². The van der Waals surface area contributed by atoms with Crippen LogP contribution in [-0.4, -0.2) is 0 Å². The third-order valence-corrected chi connectivity index (χ3v) is 5.50. The Hall–Kier alpha value is 0.140. The lowest BCUT2D eigenvalue weighted by molar-refractivity contribution is 0.164. The summed E-state index contributed by atoms with van der Waals surface area (Å²) in [7, 11) is 0. The number of hydrogen-bond donors (Lipinski definition) is 1. The Labute approximate surface area is 104 Å². The summed E-state index contributed by atoms with van der Waals surface area (Å²) in [4.78, 5) is 0. The van der Waals surface area contributed by atoms with E-state index in [0.717, 1.165) is 12.3 Å². The molecule has 3 unspecified atom stereocenters. The Kier molecular flexibility index (Phi) is 3.25. The maximum atomic E-state index is 6.61. The van der Waals surface area contributed by atoms with Crippen molar-refractivity contribution in [2.75, 3.05) is 0 Å². The first kappa shape index (κ1) is 11.6. The maximum absolute atomic E-state index is 6.61. The highest BCUT2D eigenvalue weighted by molar-refractivity contribution is 9.10. The summed E-state index contributed by atoms with van der Waals surface area (Å²) in [5, 5.41) is 4.34. The van der Waals surface area contributed by atoms with Crippen LogP contribution in [0.25, 0.3) is 0 Å². The molecule has 15 heavy (non-hydrogen) atoms. The Morgan fingerprint density at radius 1 is 1.47 bits per heavy atom. The Bertz CT molecular complexity index is 349. The molecule has 84 valence electrons. The van der Waals surface area contributed by atoms with Crippen LogP contribution in [0.2, 0.25) is 0 Å². The van der Waals surface area contributed by atoms with Crippen LogP contribution in [0.5, 0.6) is 0 Å². The Morgan fingerprint density at radius 3 is 2.73 bits per heavy atom. The molecule has 0 bridgehead atoms. The Morgan fingerprint density at radius 2 is 2.20 bits per heavy atom. The molecule has 0 amide bonds. The van der Waals surface area contributed by atoms with E-state index in [9.17, 15) is 0 Å². The summed E-state index contributed by atoms with van der Waals surface area (Å²) in [6.45, 7) is 4.62. The van der Waals surface area contributed by atoms with Crippen LogP contribution >= 0.6 is 27.3 Å². The van der Waals surface area contributed by atoms with Crippen LogP contribution < -0.4 is 5.73 Å². The zero-order chi connectivity index (χ0) is 11.1. The molecule has 3 heteroatoms. The van der Waals surface area contributed by atoms with Crippen molar-refractivity contribution in [1.82, 2.24) is 0 Å². The van der Waals surface area contributed by atoms with Crippen LogP contribution in [0.4, 0.5) is 0 Å². The van der Waals surface area contributed by atoms with E-state index >= 15 is 0 Å². The average Bonchev–Trinajstić information content (AvgIpc) is 2.59. The molecule has 2 N–H and O–H groups in total. The molecule has 0 radical (unpaired) electrons. The molecule has 1 aliphatic rings. The smallest absolute Gasteiger partial charge is 0.0455 e. The average molecular weight is 288 g/mol. The van der Waals surface area contributed by atoms with E-state index in [2.05, 4.69) is 40.5 Å². The van der Waals surface area contributed by atoms with Crippen LogP contribution in [0.3, 0.4) is 0 Å². The standard InChI is InChI=1S/C12H18BrNS/c1-8-3-4-12(14,9(2)5-8)10-6-15-7-11(10)13/h6-9H,3-5,14H2,1-2H3. The first-order chi connectivity index (χ1) is 7.04. The highest BCUT2D eigenvalue weighted by atomic mass is 79.9. The largest absolute Gasteiger partial charge is 0.321 e. The van der Waals surface area contributed by atoms with Gasteiger partial charge in [-0.3, -0.25) is 0 Å². The zero-order valence-electron chi connectivity index (χ0n) is 9.29. The normalized spacial score (nSPS) is 36.8. The fourth-order valence-electron chi connectivity index (χ4n) is 2.68. The van der Waals surface area contributed by atoms with Gasteiger partial charge in [0.15, 0.2) is 0 Å². The van der Waals surface area contributed by atoms with Gasteiger partial charge >= 0.3 is 0 Å². The molecule has 0 spiro atoms. The van der Waals surface area contributed by atoms with Gasteiger partial charge in [-0.1, -0.05) is 13.8 Å². The van der Waals surface area contributed by atoms with Gasteiger partial charge in [-0.25, -0.2) is 0 Å². The van der Waals surface area contributed by atoms with Crippen molar-refractivity contribution in [2.45, 2.75) is 38.6 Å². The van der Waals surface area contributed by atoms with E-state index in [1.165, 1.54) is 22.9 Å². The second kappa shape index (κ2) is 4.19. The predicted molar refractivity (Wildman–Crippen MR) is 70.1 cm³/mol. The molecule has 1 saturated carbocycles. The lowest BCUT2D eigenvalue weighted by Gasteiger charge is -2.42. The minimum absolute atomic E-state index is 0.106. The van der Waals surface area contributed by atoms with Crippen LogP contribution in [-0.2, 0) is 5.54 Å². The van der Waals surface area contributed by atoms with Gasteiger partial charge in [0.2, 0.25) is 0 Å². The first-order valence-electron chi connectivity index (χ1n) is 5.55. The Balaban J connectivity index is 2.30. The summed E-state index contributed by atoms with van der Waals surface area (Å²) >= 11 is 5.34. The third kappa shape index (κ3) is 2.02. The minimum atomic E-state index is -0.106. The van der Waals surface area contributed by atoms with Crippen molar-refractivity contribution < 1.29 is 0 Å². The fraction of sp³-hybridized carbons (Fsp3) is 0.667. The first-order valence-corrected chi connectivity index (χ1v) is 7.28. The maximum Gasteiger partial charge on any atom is 0.0455 e. The number of thiophene rings is 1. The van der Waals surface area contributed by atoms with E-state index in [1.54, 1.807) is 11.3 Å². The molecule has 1 fully saturated rings. The highest BCUT2D eigenvalue weighted by Crippen LogP contribution is 2.44. The summed E-state index contributed by atoms with van der Waals surface area (Å²) in [5.74, 6) is 1.40. The number of rotatable bonds is 1. The summed E-state index contributed by atoms with van der Waals surface area (Å²) in [6, 6.07) is 0. The number of hydrogen-bond acceptors (Lipinski definition) is 2. The molecule has 1 nitrogen and oxygen atoms in total. The predicted octanol–water partition coefficient (Wildman–Crippen LogP) is 4.12. The quantitative estimate of drug-likeness (QED) is 0.826. The van der Waals surface area contributed by atoms with Crippen LogP contribution in [0.15, 0.2) is 15.2 Å².